The second-order valence-electron chi connectivity index (χ2n) is 11.1. The van der Waals surface area contributed by atoms with E-state index in [1.807, 2.05) is 0 Å². The van der Waals surface area contributed by atoms with Gasteiger partial charge in [0.1, 0.15) is 12.7 Å². The number of phosphoric ester groups is 1. The Kier molecular flexibility index (Phi) is 30.0. The molecule has 2 atom stereocenters. The van der Waals surface area contributed by atoms with Gasteiger partial charge in [0.05, 0.1) is 13.2 Å². The fourth-order valence-electron chi connectivity index (χ4n) is 4.27. The number of rotatable bonds is 31. The van der Waals surface area contributed by atoms with Gasteiger partial charge in [0.2, 0.25) is 5.91 Å². The molecule has 0 rings (SSSR count). The molecule has 44 heavy (non-hydrogen) atoms. The molecule has 0 aliphatic heterocycles. The van der Waals surface area contributed by atoms with Crippen molar-refractivity contribution in [1.82, 2.24) is 5.32 Å². The first-order valence-corrected chi connectivity index (χ1v) is 18.5. The first-order valence-electron chi connectivity index (χ1n) is 17.0. The van der Waals surface area contributed by atoms with Crippen LogP contribution < -0.4 is 5.32 Å². The number of nitrogens with one attached hydrogen (secondary N) is 1. The maximum absolute atomic E-state index is 12.0. The van der Waals surface area contributed by atoms with Crippen LogP contribution in [0.25, 0.3) is 0 Å². The monoisotopic (exact) mass is 643 g/mol. The highest BCUT2D eigenvalue weighted by Gasteiger charge is 2.23. The summed E-state index contributed by atoms with van der Waals surface area (Å²) < 4.78 is 26.5. The van der Waals surface area contributed by atoms with Crippen molar-refractivity contribution in [2.75, 3.05) is 26.4 Å². The molecule has 0 aromatic rings. The number of hydrogen-bond donors (Lipinski definition) is 3. The molecule has 3 N–H and O–H groups in total. The number of amides is 1. The van der Waals surface area contributed by atoms with Crippen molar-refractivity contribution in [3.8, 4) is 0 Å². The standard InChI is InChI=1S/C34H62NO8P/c1-3-5-7-9-11-12-13-14-15-16-17-18-19-20-21-22-24-26-33(37)35-28-29-42-44(39,40)43-31-32(36)30-41-34(38)27-25-23-10-8-6-4-2/h5,7,11-12,14-15,32,36H,3-4,6,8-10,13,16-31H2,1-2H3,(H,35,37)(H,39,40)/b7-5-,12-11-,15-14-. The Morgan fingerprint density at radius 3 is 1.95 bits per heavy atom. The molecule has 1 amide bonds. The molecule has 0 fully saturated rings. The van der Waals surface area contributed by atoms with Crippen LogP contribution in [-0.2, 0) is 27.9 Å². The van der Waals surface area contributed by atoms with Crippen LogP contribution in [0.4, 0.5) is 0 Å². The Hall–Kier alpha value is -1.77. The summed E-state index contributed by atoms with van der Waals surface area (Å²) in [4.78, 5) is 33.5. The first kappa shape index (κ1) is 42.2. The van der Waals surface area contributed by atoms with Crippen molar-refractivity contribution in [3.05, 3.63) is 36.5 Å². The van der Waals surface area contributed by atoms with E-state index in [9.17, 15) is 24.2 Å². The number of hydrogen-bond acceptors (Lipinski definition) is 7. The number of carbonyl (C=O) groups is 2. The summed E-state index contributed by atoms with van der Waals surface area (Å²) in [5.41, 5.74) is 0. The average molecular weight is 644 g/mol. The molecular weight excluding hydrogens is 581 g/mol. The fourth-order valence-corrected chi connectivity index (χ4v) is 5.03. The second-order valence-corrected chi connectivity index (χ2v) is 12.6. The summed E-state index contributed by atoms with van der Waals surface area (Å²) in [7, 11) is -4.40. The summed E-state index contributed by atoms with van der Waals surface area (Å²) in [6, 6.07) is 0. The van der Waals surface area contributed by atoms with Crippen molar-refractivity contribution in [2.45, 2.75) is 142 Å². The number of aliphatic hydroxyl groups excluding tert-OH is 1. The minimum absolute atomic E-state index is 0.0758. The maximum atomic E-state index is 12.0. The number of allylic oxidation sites excluding steroid dienone is 6. The minimum Gasteiger partial charge on any atom is -0.463 e. The van der Waals surface area contributed by atoms with Gasteiger partial charge in [-0.1, -0.05) is 115 Å². The highest BCUT2D eigenvalue weighted by molar-refractivity contribution is 7.47. The van der Waals surface area contributed by atoms with E-state index in [0.717, 1.165) is 70.6 Å². The highest BCUT2D eigenvalue weighted by Crippen LogP contribution is 2.42. The largest absolute Gasteiger partial charge is 0.472 e. The van der Waals surface area contributed by atoms with E-state index < -0.39 is 26.5 Å². The van der Waals surface area contributed by atoms with Crippen LogP contribution in [0.1, 0.15) is 136 Å². The Morgan fingerprint density at radius 1 is 0.727 bits per heavy atom. The van der Waals surface area contributed by atoms with Gasteiger partial charge >= 0.3 is 13.8 Å². The van der Waals surface area contributed by atoms with Gasteiger partial charge in [0.15, 0.2) is 0 Å². The normalized spacial score (nSPS) is 14.0. The summed E-state index contributed by atoms with van der Waals surface area (Å²) in [6.07, 6.45) is 31.0. The number of ether oxygens (including phenoxy) is 1. The van der Waals surface area contributed by atoms with Crippen molar-refractivity contribution in [1.29, 1.82) is 0 Å². The molecule has 0 spiro atoms. The molecule has 0 saturated carbocycles. The smallest absolute Gasteiger partial charge is 0.463 e. The Balaban J connectivity index is 3.63. The molecule has 9 nitrogen and oxygen atoms in total. The van der Waals surface area contributed by atoms with E-state index in [1.165, 1.54) is 38.5 Å². The van der Waals surface area contributed by atoms with Gasteiger partial charge in [-0.3, -0.25) is 18.6 Å². The molecule has 0 aliphatic carbocycles. The third-order valence-corrected chi connectivity index (χ3v) is 7.82. The number of unbranched alkanes of at least 4 members (excludes halogenated alkanes) is 12. The molecule has 10 heteroatoms. The van der Waals surface area contributed by atoms with Crippen LogP contribution in [0.3, 0.4) is 0 Å². The predicted octanol–water partition coefficient (Wildman–Crippen LogP) is 8.26. The Bertz CT molecular complexity index is 830. The molecule has 2 unspecified atom stereocenters. The van der Waals surface area contributed by atoms with E-state index in [4.69, 9.17) is 13.8 Å². The lowest BCUT2D eigenvalue weighted by atomic mass is 10.1. The van der Waals surface area contributed by atoms with Crippen LogP contribution in [0.5, 0.6) is 0 Å². The number of aliphatic hydroxyl groups is 1. The summed E-state index contributed by atoms with van der Waals surface area (Å²) in [6.45, 7) is 3.33. The fraction of sp³-hybridized carbons (Fsp3) is 0.765. The summed E-state index contributed by atoms with van der Waals surface area (Å²) in [5, 5.41) is 12.5. The summed E-state index contributed by atoms with van der Waals surface area (Å²) >= 11 is 0. The topological polar surface area (TPSA) is 131 Å². The lowest BCUT2D eigenvalue weighted by molar-refractivity contribution is -0.147. The molecule has 0 aromatic heterocycles. The maximum Gasteiger partial charge on any atom is 0.472 e. The molecule has 0 aromatic carbocycles. The summed E-state index contributed by atoms with van der Waals surface area (Å²) in [5.74, 6) is -0.539. The molecular formula is C34H62NO8P. The van der Waals surface area contributed by atoms with Gasteiger partial charge in [-0.25, -0.2) is 4.57 Å². The average Bonchev–Trinajstić information content (AvgIpc) is 3.00. The zero-order valence-corrected chi connectivity index (χ0v) is 28.5. The van der Waals surface area contributed by atoms with Gasteiger partial charge in [-0.05, 0) is 44.9 Å². The van der Waals surface area contributed by atoms with E-state index >= 15 is 0 Å². The predicted molar refractivity (Wildman–Crippen MR) is 178 cm³/mol. The molecule has 0 heterocycles. The molecule has 0 aliphatic rings. The number of phosphoric acid groups is 1. The van der Waals surface area contributed by atoms with Crippen LogP contribution >= 0.6 is 7.82 Å². The second kappa shape index (κ2) is 31.2. The van der Waals surface area contributed by atoms with E-state index in [-0.39, 0.29) is 32.1 Å². The van der Waals surface area contributed by atoms with Crippen LogP contribution in [-0.4, -0.2) is 54.3 Å². The van der Waals surface area contributed by atoms with Crippen molar-refractivity contribution in [3.63, 3.8) is 0 Å². The third kappa shape index (κ3) is 31.6. The van der Waals surface area contributed by atoms with Crippen molar-refractivity contribution in [2.24, 2.45) is 0 Å². The molecule has 0 radical (unpaired) electrons. The van der Waals surface area contributed by atoms with Crippen LogP contribution in [0.2, 0.25) is 0 Å². The van der Waals surface area contributed by atoms with Gasteiger partial charge in [-0.2, -0.15) is 0 Å². The first-order chi connectivity index (χ1) is 21.3. The van der Waals surface area contributed by atoms with Crippen molar-refractivity contribution < 1.29 is 37.9 Å². The minimum atomic E-state index is -4.40. The van der Waals surface area contributed by atoms with Gasteiger partial charge in [0, 0.05) is 19.4 Å². The van der Waals surface area contributed by atoms with Crippen LogP contribution in [0.15, 0.2) is 36.5 Å². The molecule has 256 valence electrons. The quantitative estimate of drug-likeness (QED) is 0.0298. The van der Waals surface area contributed by atoms with Crippen molar-refractivity contribution >= 4 is 19.7 Å². The van der Waals surface area contributed by atoms with Crippen LogP contribution in [0, 0.1) is 0 Å². The third-order valence-electron chi connectivity index (χ3n) is 6.83. The van der Waals surface area contributed by atoms with E-state index in [0.29, 0.717) is 6.42 Å². The zero-order chi connectivity index (χ0) is 32.6. The Morgan fingerprint density at radius 2 is 1.30 bits per heavy atom. The van der Waals surface area contributed by atoms with Gasteiger partial charge < -0.3 is 20.1 Å². The van der Waals surface area contributed by atoms with Gasteiger partial charge in [0.25, 0.3) is 0 Å². The molecule has 0 bridgehead atoms. The number of esters is 1. The SMILES string of the molecule is CC/C=C\C/C=C\C/C=C\CCCCCCCCCC(=O)NCCOP(=O)(O)OCC(O)COC(=O)CCCCCCCC. The molecule has 0 saturated heterocycles. The number of carbonyl (C=O) groups excluding carboxylic acids is 2. The van der Waals surface area contributed by atoms with Gasteiger partial charge in [-0.15, -0.1) is 0 Å². The van der Waals surface area contributed by atoms with E-state index in [2.05, 4.69) is 55.6 Å². The van der Waals surface area contributed by atoms with E-state index in [1.54, 1.807) is 0 Å². The Labute approximate surface area is 267 Å². The lowest BCUT2D eigenvalue weighted by Crippen LogP contribution is -2.27. The lowest BCUT2D eigenvalue weighted by Gasteiger charge is -2.15. The highest BCUT2D eigenvalue weighted by atomic mass is 31.2. The zero-order valence-electron chi connectivity index (χ0n) is 27.6.